The first-order valence-corrected chi connectivity index (χ1v) is 7.27. The van der Waals surface area contributed by atoms with Crippen LogP contribution in [0.3, 0.4) is 0 Å². The first-order valence-electron chi connectivity index (χ1n) is 7.27. The van der Waals surface area contributed by atoms with E-state index in [1.807, 2.05) is 19.1 Å². The number of esters is 1. The molecule has 24 heavy (non-hydrogen) atoms. The van der Waals surface area contributed by atoms with Crippen LogP contribution in [0.5, 0.6) is 11.5 Å². The fourth-order valence-corrected chi connectivity index (χ4v) is 2.21. The van der Waals surface area contributed by atoms with Gasteiger partial charge in [-0.2, -0.15) is 0 Å². The van der Waals surface area contributed by atoms with Gasteiger partial charge >= 0.3 is 5.97 Å². The Morgan fingerprint density at radius 1 is 1.17 bits per heavy atom. The summed E-state index contributed by atoms with van der Waals surface area (Å²) in [5.74, 6) is 0.233. The number of oxime groups is 1. The molecule has 0 atom stereocenters. The monoisotopic (exact) mass is 329 g/mol. The zero-order chi connectivity index (χ0) is 17.5. The number of carbonyl (C=O) groups excluding carboxylic acids is 1. The Hall–Kier alpha value is -3.02. The van der Waals surface area contributed by atoms with Gasteiger partial charge in [-0.15, -0.1) is 0 Å². The van der Waals surface area contributed by atoms with Crippen LogP contribution in [0.2, 0.25) is 0 Å². The first kappa shape index (κ1) is 17.3. The fraction of sp³-hybridized carbons (Fsp3) is 0.222. The topological polar surface area (TPSA) is 77.4 Å². The number of phenolic OH excluding ortho intramolecular Hbond substituents is 1. The number of ether oxygens (including phenoxy) is 2. The van der Waals surface area contributed by atoms with E-state index in [1.165, 1.54) is 14.2 Å². The molecule has 0 bridgehead atoms. The minimum atomic E-state index is -0.592. The van der Waals surface area contributed by atoms with E-state index in [0.717, 1.165) is 11.1 Å². The number of aromatic hydroxyl groups is 1. The average molecular weight is 329 g/mol. The predicted molar refractivity (Wildman–Crippen MR) is 89.2 cm³/mol. The lowest BCUT2D eigenvalue weighted by Gasteiger charge is -2.13. The maximum atomic E-state index is 11.9. The molecule has 0 aromatic heterocycles. The lowest BCUT2D eigenvalue weighted by atomic mass is 10.0. The van der Waals surface area contributed by atoms with Crippen LogP contribution in [-0.2, 0) is 21.0 Å². The maximum absolute atomic E-state index is 11.9. The number of hydrogen-bond acceptors (Lipinski definition) is 6. The molecule has 0 radical (unpaired) electrons. The van der Waals surface area contributed by atoms with Crippen LogP contribution >= 0.6 is 0 Å². The number of aryl methyl sites for hydroxylation is 1. The van der Waals surface area contributed by atoms with Gasteiger partial charge in [0.2, 0.25) is 0 Å². The lowest BCUT2D eigenvalue weighted by molar-refractivity contribution is -0.132. The van der Waals surface area contributed by atoms with Crippen molar-refractivity contribution in [3.05, 3.63) is 59.2 Å². The largest absolute Gasteiger partial charge is 0.508 e. The molecule has 1 N–H and O–H groups in total. The highest BCUT2D eigenvalue weighted by Gasteiger charge is 2.19. The highest BCUT2D eigenvalue weighted by Crippen LogP contribution is 2.24. The number of phenols is 1. The van der Waals surface area contributed by atoms with Gasteiger partial charge in [0.25, 0.3) is 0 Å². The Bertz CT molecular complexity index is 755. The molecule has 0 spiro atoms. The molecule has 0 saturated carbocycles. The normalized spacial score (nSPS) is 11.0. The molecule has 2 aromatic rings. The summed E-state index contributed by atoms with van der Waals surface area (Å²) in [4.78, 5) is 16.7. The SMILES string of the molecule is CON=C(C(=O)OC)c1ccccc1COc1ccc(O)cc1C. The zero-order valence-electron chi connectivity index (χ0n) is 13.8. The van der Waals surface area contributed by atoms with Crippen LogP contribution < -0.4 is 4.74 Å². The molecular weight excluding hydrogens is 310 g/mol. The van der Waals surface area contributed by atoms with E-state index in [0.29, 0.717) is 11.3 Å². The second kappa shape index (κ2) is 8.01. The molecule has 6 nitrogen and oxygen atoms in total. The zero-order valence-corrected chi connectivity index (χ0v) is 13.8. The molecular formula is C18H19NO5. The van der Waals surface area contributed by atoms with Crippen molar-refractivity contribution >= 4 is 11.7 Å². The van der Waals surface area contributed by atoms with Crippen molar-refractivity contribution in [2.24, 2.45) is 5.16 Å². The van der Waals surface area contributed by atoms with Gasteiger partial charge in [-0.1, -0.05) is 29.4 Å². The van der Waals surface area contributed by atoms with Crippen molar-refractivity contribution < 1.29 is 24.2 Å². The minimum absolute atomic E-state index is 0.0710. The molecule has 0 aliphatic rings. The third kappa shape index (κ3) is 4.04. The quantitative estimate of drug-likeness (QED) is 0.501. The molecule has 0 heterocycles. The van der Waals surface area contributed by atoms with E-state index in [-0.39, 0.29) is 18.1 Å². The molecule has 2 rings (SSSR count). The Labute approximate surface area is 140 Å². The molecule has 0 amide bonds. The third-order valence-corrected chi connectivity index (χ3v) is 3.38. The maximum Gasteiger partial charge on any atom is 0.360 e. The van der Waals surface area contributed by atoms with Crippen molar-refractivity contribution in [2.75, 3.05) is 14.2 Å². The Kier molecular flexibility index (Phi) is 5.78. The summed E-state index contributed by atoms with van der Waals surface area (Å²) in [7, 11) is 2.65. The van der Waals surface area contributed by atoms with Crippen LogP contribution in [0.1, 0.15) is 16.7 Å². The van der Waals surface area contributed by atoms with Crippen molar-refractivity contribution in [1.29, 1.82) is 0 Å². The van der Waals surface area contributed by atoms with E-state index < -0.39 is 5.97 Å². The molecule has 0 aliphatic heterocycles. The molecule has 0 saturated heterocycles. The van der Waals surface area contributed by atoms with Gasteiger partial charge < -0.3 is 19.4 Å². The van der Waals surface area contributed by atoms with E-state index in [4.69, 9.17) is 14.3 Å². The Morgan fingerprint density at radius 3 is 2.58 bits per heavy atom. The second-order valence-electron chi connectivity index (χ2n) is 5.01. The summed E-state index contributed by atoms with van der Waals surface area (Å²) in [5, 5.41) is 13.2. The highest BCUT2D eigenvalue weighted by atomic mass is 16.6. The standard InChI is InChI=1S/C18H19NO5/c1-12-10-14(20)8-9-16(12)24-11-13-6-4-5-7-15(13)17(19-23-3)18(21)22-2/h4-10,20H,11H2,1-3H3. The summed E-state index contributed by atoms with van der Waals surface area (Å²) in [6.45, 7) is 2.06. The van der Waals surface area contributed by atoms with Gasteiger partial charge in [0.05, 0.1) is 7.11 Å². The van der Waals surface area contributed by atoms with E-state index in [9.17, 15) is 9.90 Å². The van der Waals surface area contributed by atoms with Gasteiger partial charge in [0.1, 0.15) is 25.2 Å². The van der Waals surface area contributed by atoms with Crippen molar-refractivity contribution in [2.45, 2.75) is 13.5 Å². The van der Waals surface area contributed by atoms with E-state index >= 15 is 0 Å². The summed E-state index contributed by atoms with van der Waals surface area (Å²) in [6, 6.07) is 12.1. The fourth-order valence-electron chi connectivity index (χ4n) is 2.21. The molecule has 2 aromatic carbocycles. The summed E-state index contributed by atoms with van der Waals surface area (Å²) < 4.78 is 10.6. The highest BCUT2D eigenvalue weighted by molar-refractivity contribution is 6.43. The average Bonchev–Trinajstić information content (AvgIpc) is 2.59. The van der Waals surface area contributed by atoms with Crippen LogP contribution in [0.4, 0.5) is 0 Å². The molecule has 126 valence electrons. The van der Waals surface area contributed by atoms with E-state index in [2.05, 4.69) is 5.16 Å². The van der Waals surface area contributed by atoms with Crippen molar-refractivity contribution in [3.63, 3.8) is 0 Å². The molecule has 6 heteroatoms. The smallest absolute Gasteiger partial charge is 0.360 e. The van der Waals surface area contributed by atoms with Crippen molar-refractivity contribution in [3.8, 4) is 11.5 Å². The second-order valence-corrected chi connectivity index (χ2v) is 5.01. The number of methoxy groups -OCH3 is 1. The number of carbonyl (C=O) groups is 1. The predicted octanol–water partition coefficient (Wildman–Crippen LogP) is 2.80. The van der Waals surface area contributed by atoms with Gasteiger partial charge in [0, 0.05) is 5.56 Å². The molecule has 0 aliphatic carbocycles. The van der Waals surface area contributed by atoms with Gasteiger partial charge in [-0.25, -0.2) is 4.79 Å². The first-order chi connectivity index (χ1) is 11.6. The number of nitrogens with zero attached hydrogens (tertiary/aromatic N) is 1. The minimum Gasteiger partial charge on any atom is -0.508 e. The number of rotatable bonds is 6. The molecule has 0 unspecified atom stereocenters. The van der Waals surface area contributed by atoms with Crippen LogP contribution in [0.15, 0.2) is 47.6 Å². The Balaban J connectivity index is 2.28. The Morgan fingerprint density at radius 2 is 1.92 bits per heavy atom. The van der Waals surface area contributed by atoms with Gasteiger partial charge in [-0.3, -0.25) is 0 Å². The van der Waals surface area contributed by atoms with Gasteiger partial charge in [-0.05, 0) is 36.2 Å². The van der Waals surface area contributed by atoms with Crippen LogP contribution in [-0.4, -0.2) is 31.0 Å². The number of hydrogen-bond donors (Lipinski definition) is 1. The summed E-state index contributed by atoms with van der Waals surface area (Å²) in [5.41, 5.74) is 2.21. The van der Waals surface area contributed by atoms with Crippen molar-refractivity contribution in [1.82, 2.24) is 0 Å². The van der Waals surface area contributed by atoms with E-state index in [1.54, 1.807) is 30.3 Å². The third-order valence-electron chi connectivity index (χ3n) is 3.38. The number of benzene rings is 2. The molecule has 0 fully saturated rings. The summed E-state index contributed by atoms with van der Waals surface area (Å²) >= 11 is 0. The van der Waals surface area contributed by atoms with Crippen LogP contribution in [0, 0.1) is 6.92 Å². The van der Waals surface area contributed by atoms with Crippen LogP contribution in [0.25, 0.3) is 0 Å². The summed E-state index contributed by atoms with van der Waals surface area (Å²) in [6.07, 6.45) is 0. The lowest BCUT2D eigenvalue weighted by Crippen LogP contribution is -2.19. The van der Waals surface area contributed by atoms with Gasteiger partial charge in [0.15, 0.2) is 5.71 Å².